The molecule has 2 aromatic heterocycles. The lowest BCUT2D eigenvalue weighted by Gasteiger charge is -2.11. The second-order valence-corrected chi connectivity index (χ2v) is 6.38. The first-order valence-corrected chi connectivity index (χ1v) is 8.51. The third kappa shape index (κ3) is 3.43. The molecule has 0 saturated carbocycles. The van der Waals surface area contributed by atoms with Crippen LogP contribution in [0, 0.1) is 0 Å². The fraction of sp³-hybridized carbons (Fsp3) is 0.0500. The predicted octanol–water partition coefficient (Wildman–Crippen LogP) is 4.59. The highest BCUT2D eigenvalue weighted by Crippen LogP contribution is 2.28. The molecule has 0 unspecified atom stereocenters. The van der Waals surface area contributed by atoms with E-state index in [0.717, 1.165) is 34.1 Å². The summed E-state index contributed by atoms with van der Waals surface area (Å²) in [6.07, 6.45) is 5.87. The van der Waals surface area contributed by atoms with Crippen LogP contribution in [0.15, 0.2) is 67.3 Å². The zero-order chi connectivity index (χ0) is 17.9. The summed E-state index contributed by atoms with van der Waals surface area (Å²) in [7, 11) is 0. The lowest BCUT2D eigenvalue weighted by Crippen LogP contribution is -1.98. The smallest absolute Gasteiger partial charge is 0.141 e. The number of anilines is 3. The molecule has 4 aromatic rings. The Morgan fingerprint density at radius 2 is 1.96 bits per heavy atom. The number of halogens is 1. The summed E-state index contributed by atoms with van der Waals surface area (Å²) < 4.78 is 0. The molecule has 3 N–H and O–H groups in total. The fourth-order valence-electron chi connectivity index (χ4n) is 2.80. The first-order chi connectivity index (χ1) is 12.7. The molecular formula is C20H16ClN5. The van der Waals surface area contributed by atoms with Crippen LogP contribution in [0.1, 0.15) is 11.1 Å². The van der Waals surface area contributed by atoms with Gasteiger partial charge in [0.05, 0.1) is 5.52 Å². The van der Waals surface area contributed by atoms with E-state index in [0.29, 0.717) is 16.5 Å². The molecule has 0 aliphatic rings. The zero-order valence-corrected chi connectivity index (χ0v) is 14.6. The van der Waals surface area contributed by atoms with Gasteiger partial charge in [-0.15, -0.1) is 0 Å². The zero-order valence-electron chi connectivity index (χ0n) is 13.9. The van der Waals surface area contributed by atoms with Crippen LogP contribution in [0.5, 0.6) is 0 Å². The second-order valence-electron chi connectivity index (χ2n) is 5.97. The van der Waals surface area contributed by atoms with Crippen molar-refractivity contribution in [2.45, 2.75) is 6.42 Å². The highest BCUT2D eigenvalue weighted by Gasteiger charge is 2.07. The monoisotopic (exact) mass is 361 g/mol. The van der Waals surface area contributed by atoms with Gasteiger partial charge in [-0.2, -0.15) is 0 Å². The Hall–Kier alpha value is -3.18. The van der Waals surface area contributed by atoms with E-state index in [1.54, 1.807) is 6.20 Å². The number of benzene rings is 2. The first-order valence-electron chi connectivity index (χ1n) is 8.13. The van der Waals surface area contributed by atoms with E-state index in [-0.39, 0.29) is 0 Å². The molecule has 5 nitrogen and oxygen atoms in total. The van der Waals surface area contributed by atoms with Crippen molar-refractivity contribution in [2.24, 2.45) is 0 Å². The van der Waals surface area contributed by atoms with E-state index in [2.05, 4.69) is 20.3 Å². The normalized spacial score (nSPS) is 10.8. The van der Waals surface area contributed by atoms with Crippen LogP contribution >= 0.6 is 11.6 Å². The molecule has 0 bridgehead atoms. The van der Waals surface area contributed by atoms with Crippen LogP contribution in [0.4, 0.5) is 17.2 Å². The van der Waals surface area contributed by atoms with Crippen LogP contribution in [0.25, 0.3) is 10.9 Å². The lowest BCUT2D eigenvalue weighted by atomic mass is 10.1. The number of nitrogen functional groups attached to an aromatic ring is 1. The number of fused-ring (bicyclic) bond motifs is 1. The molecule has 26 heavy (non-hydrogen) atoms. The number of rotatable bonds is 4. The molecule has 0 atom stereocenters. The maximum Gasteiger partial charge on any atom is 0.141 e. The Bertz CT molecular complexity index is 1070. The van der Waals surface area contributed by atoms with Gasteiger partial charge in [-0.25, -0.2) is 9.97 Å². The number of nitrogens with one attached hydrogen (secondary N) is 1. The van der Waals surface area contributed by atoms with Crippen molar-refractivity contribution in [1.82, 2.24) is 15.0 Å². The predicted molar refractivity (Wildman–Crippen MR) is 106 cm³/mol. The summed E-state index contributed by atoms with van der Waals surface area (Å²) in [5.41, 5.74) is 10.4. The minimum absolute atomic E-state index is 0.667. The largest absolute Gasteiger partial charge is 0.399 e. The number of nitrogens with two attached hydrogens (primary N) is 1. The van der Waals surface area contributed by atoms with Crippen molar-refractivity contribution in [1.29, 1.82) is 0 Å². The molecule has 0 aliphatic heterocycles. The highest BCUT2D eigenvalue weighted by atomic mass is 35.5. The van der Waals surface area contributed by atoms with Crippen molar-refractivity contribution in [2.75, 3.05) is 11.1 Å². The quantitative estimate of drug-likeness (QED) is 0.520. The van der Waals surface area contributed by atoms with Gasteiger partial charge in [0.15, 0.2) is 0 Å². The Labute approximate surface area is 155 Å². The Balaban J connectivity index is 1.62. The van der Waals surface area contributed by atoms with Crippen LogP contribution in [-0.4, -0.2) is 15.0 Å². The van der Waals surface area contributed by atoms with E-state index < -0.39 is 0 Å². The van der Waals surface area contributed by atoms with Crippen molar-refractivity contribution >= 4 is 39.7 Å². The summed E-state index contributed by atoms with van der Waals surface area (Å²) in [5, 5.41) is 4.86. The van der Waals surface area contributed by atoms with Gasteiger partial charge in [-0.1, -0.05) is 23.7 Å². The summed E-state index contributed by atoms with van der Waals surface area (Å²) in [6.45, 7) is 0. The molecule has 0 fully saturated rings. The molecule has 4 rings (SSSR count). The molecule has 0 spiro atoms. The lowest BCUT2D eigenvalue weighted by molar-refractivity contribution is 1.14. The van der Waals surface area contributed by atoms with Gasteiger partial charge < -0.3 is 11.1 Å². The molecule has 0 saturated heterocycles. The standard InChI is InChI=1S/C20H16ClN5/c21-18-10-16(5-3-14(18)8-13-2-1-7-23-11-13)26-20-17-9-15(22)4-6-19(17)24-12-25-20/h1-7,9-12H,8,22H2,(H,24,25,26). The van der Waals surface area contributed by atoms with Crippen molar-refractivity contribution < 1.29 is 0 Å². The average Bonchev–Trinajstić information content (AvgIpc) is 2.65. The fourth-order valence-corrected chi connectivity index (χ4v) is 3.05. The van der Waals surface area contributed by atoms with E-state index in [9.17, 15) is 0 Å². The van der Waals surface area contributed by atoms with Crippen molar-refractivity contribution in [3.63, 3.8) is 0 Å². The number of pyridine rings is 1. The molecule has 0 radical (unpaired) electrons. The van der Waals surface area contributed by atoms with Crippen molar-refractivity contribution in [3.8, 4) is 0 Å². The van der Waals surface area contributed by atoms with E-state index >= 15 is 0 Å². The van der Waals surface area contributed by atoms with Gasteiger partial charge >= 0.3 is 0 Å². The first kappa shape index (κ1) is 16.3. The topological polar surface area (TPSA) is 76.7 Å². The average molecular weight is 362 g/mol. The van der Waals surface area contributed by atoms with Crippen LogP contribution in [-0.2, 0) is 6.42 Å². The van der Waals surface area contributed by atoms with Gasteiger partial charge in [0.1, 0.15) is 12.1 Å². The maximum atomic E-state index is 6.48. The third-order valence-electron chi connectivity index (χ3n) is 4.09. The summed E-state index contributed by atoms with van der Waals surface area (Å²) in [6, 6.07) is 15.4. The SMILES string of the molecule is Nc1ccc2ncnc(Nc3ccc(Cc4cccnc4)c(Cl)c3)c2c1. The highest BCUT2D eigenvalue weighted by molar-refractivity contribution is 6.31. The molecule has 0 aliphatic carbocycles. The Kier molecular flexibility index (Phi) is 4.37. The molecule has 128 valence electrons. The summed E-state index contributed by atoms with van der Waals surface area (Å²) in [4.78, 5) is 12.7. The number of nitrogens with zero attached hydrogens (tertiary/aromatic N) is 3. The van der Waals surface area contributed by atoms with E-state index in [1.165, 1.54) is 6.33 Å². The molecular weight excluding hydrogens is 346 g/mol. The molecule has 2 heterocycles. The van der Waals surface area contributed by atoms with Crippen LogP contribution in [0.3, 0.4) is 0 Å². The summed E-state index contributed by atoms with van der Waals surface area (Å²) in [5.74, 6) is 0.693. The number of hydrogen-bond donors (Lipinski definition) is 2. The van der Waals surface area contributed by atoms with Gasteiger partial charge in [-0.3, -0.25) is 4.98 Å². The maximum absolute atomic E-state index is 6.48. The van der Waals surface area contributed by atoms with Gasteiger partial charge in [0, 0.05) is 40.6 Å². The van der Waals surface area contributed by atoms with Gasteiger partial charge in [0.25, 0.3) is 0 Å². The minimum atomic E-state index is 0.667. The molecule has 6 heteroatoms. The number of hydrogen-bond acceptors (Lipinski definition) is 5. The summed E-state index contributed by atoms with van der Waals surface area (Å²) >= 11 is 6.48. The van der Waals surface area contributed by atoms with Crippen LogP contribution in [0.2, 0.25) is 5.02 Å². The Morgan fingerprint density at radius 3 is 2.77 bits per heavy atom. The van der Waals surface area contributed by atoms with Gasteiger partial charge in [0.2, 0.25) is 0 Å². The van der Waals surface area contributed by atoms with Crippen molar-refractivity contribution in [3.05, 3.63) is 83.4 Å². The number of aromatic nitrogens is 3. The van der Waals surface area contributed by atoms with Gasteiger partial charge in [-0.05, 0) is 47.5 Å². The van der Waals surface area contributed by atoms with E-state index in [4.69, 9.17) is 17.3 Å². The van der Waals surface area contributed by atoms with Crippen LogP contribution < -0.4 is 11.1 Å². The molecule has 2 aromatic carbocycles. The van der Waals surface area contributed by atoms with E-state index in [1.807, 2.05) is 54.7 Å². The Morgan fingerprint density at radius 1 is 1.04 bits per heavy atom. The third-order valence-corrected chi connectivity index (χ3v) is 4.44. The molecule has 0 amide bonds. The minimum Gasteiger partial charge on any atom is -0.399 e. The second kappa shape index (κ2) is 6.98.